The van der Waals surface area contributed by atoms with Crippen LogP contribution in [-0.2, 0) is 0 Å². The quantitative estimate of drug-likeness (QED) is 0.818. The van der Waals surface area contributed by atoms with Gasteiger partial charge in [0.15, 0.2) is 0 Å². The summed E-state index contributed by atoms with van der Waals surface area (Å²) in [7, 11) is 1.73. The molecule has 0 bridgehead atoms. The van der Waals surface area contributed by atoms with Gasteiger partial charge in [0.2, 0.25) is 0 Å². The average molecular weight is 287 g/mol. The Bertz CT molecular complexity index is 437. The fraction of sp³-hybridized carbons (Fsp3) is 0.684. The van der Waals surface area contributed by atoms with Gasteiger partial charge in [0, 0.05) is 12.1 Å². The normalized spacial score (nSPS) is 27.3. The van der Waals surface area contributed by atoms with E-state index in [9.17, 15) is 0 Å². The second-order valence-corrected chi connectivity index (χ2v) is 6.89. The van der Waals surface area contributed by atoms with Gasteiger partial charge in [-0.25, -0.2) is 0 Å². The Morgan fingerprint density at radius 1 is 1.14 bits per heavy atom. The summed E-state index contributed by atoms with van der Waals surface area (Å²) < 4.78 is 5.28. The second-order valence-electron chi connectivity index (χ2n) is 6.89. The van der Waals surface area contributed by atoms with E-state index in [0.29, 0.717) is 6.04 Å². The van der Waals surface area contributed by atoms with Gasteiger partial charge in [0.1, 0.15) is 5.75 Å². The first-order valence-corrected chi connectivity index (χ1v) is 8.70. The molecule has 0 saturated heterocycles. The van der Waals surface area contributed by atoms with Crippen molar-refractivity contribution in [1.29, 1.82) is 0 Å². The molecule has 1 aromatic rings. The van der Waals surface area contributed by atoms with E-state index >= 15 is 0 Å². The van der Waals surface area contributed by atoms with Crippen molar-refractivity contribution < 1.29 is 4.74 Å². The van der Waals surface area contributed by atoms with E-state index in [1.807, 2.05) is 0 Å². The standard InChI is InChI=1S/C19H29NO/c1-3-14-5-4-6-17(13-14)20-19(15-7-8-15)16-9-11-18(21-2)12-10-16/h9-12,14-15,17,19-20H,3-8,13H2,1-2H3. The first-order chi connectivity index (χ1) is 10.3. The minimum atomic E-state index is 0.552. The molecule has 1 aromatic carbocycles. The molecule has 3 unspecified atom stereocenters. The fourth-order valence-corrected chi connectivity index (χ4v) is 3.81. The molecular weight excluding hydrogens is 258 g/mol. The van der Waals surface area contributed by atoms with Gasteiger partial charge >= 0.3 is 0 Å². The van der Waals surface area contributed by atoms with Gasteiger partial charge in [-0.1, -0.05) is 38.3 Å². The van der Waals surface area contributed by atoms with Crippen LogP contribution >= 0.6 is 0 Å². The molecule has 0 aromatic heterocycles. The number of rotatable bonds is 6. The number of ether oxygens (including phenoxy) is 1. The lowest BCUT2D eigenvalue weighted by atomic mass is 9.83. The highest BCUT2D eigenvalue weighted by atomic mass is 16.5. The molecule has 0 heterocycles. The van der Waals surface area contributed by atoms with Crippen LogP contribution in [0.5, 0.6) is 5.75 Å². The van der Waals surface area contributed by atoms with Gasteiger partial charge in [-0.3, -0.25) is 0 Å². The lowest BCUT2D eigenvalue weighted by molar-refractivity contribution is 0.254. The van der Waals surface area contributed by atoms with Crippen LogP contribution in [0.3, 0.4) is 0 Å². The topological polar surface area (TPSA) is 21.3 Å². The zero-order valence-electron chi connectivity index (χ0n) is 13.5. The molecule has 1 N–H and O–H groups in total. The number of hydrogen-bond donors (Lipinski definition) is 1. The minimum absolute atomic E-state index is 0.552. The Balaban J connectivity index is 1.66. The van der Waals surface area contributed by atoms with Gasteiger partial charge in [-0.05, 0) is 55.2 Å². The Morgan fingerprint density at radius 3 is 2.52 bits per heavy atom. The molecular formula is C19H29NO. The van der Waals surface area contributed by atoms with Gasteiger partial charge in [0.05, 0.1) is 7.11 Å². The summed E-state index contributed by atoms with van der Waals surface area (Å²) in [5.74, 6) is 2.74. The Hall–Kier alpha value is -1.02. The maximum absolute atomic E-state index is 5.28. The number of hydrogen-bond acceptors (Lipinski definition) is 2. The third kappa shape index (κ3) is 3.79. The molecule has 2 aliphatic rings. The zero-order chi connectivity index (χ0) is 14.7. The lowest BCUT2D eigenvalue weighted by Crippen LogP contribution is -2.37. The van der Waals surface area contributed by atoms with Crippen LogP contribution in [0.25, 0.3) is 0 Å². The highest BCUT2D eigenvalue weighted by molar-refractivity contribution is 5.30. The van der Waals surface area contributed by atoms with Crippen molar-refractivity contribution in [3.63, 3.8) is 0 Å². The van der Waals surface area contributed by atoms with Crippen LogP contribution in [0, 0.1) is 11.8 Å². The molecule has 2 fully saturated rings. The third-order valence-corrected chi connectivity index (χ3v) is 5.34. The van der Waals surface area contributed by atoms with Crippen molar-refractivity contribution in [3.05, 3.63) is 29.8 Å². The van der Waals surface area contributed by atoms with Crippen LogP contribution in [0.1, 0.15) is 63.5 Å². The van der Waals surface area contributed by atoms with Crippen LogP contribution in [0.15, 0.2) is 24.3 Å². The summed E-state index contributed by atoms with van der Waals surface area (Å²) >= 11 is 0. The van der Waals surface area contributed by atoms with Gasteiger partial charge in [-0.15, -0.1) is 0 Å². The molecule has 21 heavy (non-hydrogen) atoms. The SMILES string of the molecule is CCC1CCCC(NC(c2ccc(OC)cc2)C2CC2)C1. The zero-order valence-corrected chi connectivity index (χ0v) is 13.5. The Kier molecular flexibility index (Phi) is 4.84. The van der Waals surface area contributed by atoms with Gasteiger partial charge in [0.25, 0.3) is 0 Å². The fourth-order valence-electron chi connectivity index (χ4n) is 3.81. The first-order valence-electron chi connectivity index (χ1n) is 8.70. The van der Waals surface area contributed by atoms with E-state index in [-0.39, 0.29) is 0 Å². The summed E-state index contributed by atoms with van der Waals surface area (Å²) in [5, 5.41) is 4.00. The smallest absolute Gasteiger partial charge is 0.118 e. The summed E-state index contributed by atoms with van der Waals surface area (Å²) in [6.45, 7) is 2.34. The van der Waals surface area contributed by atoms with Crippen molar-refractivity contribution in [2.24, 2.45) is 11.8 Å². The van der Waals surface area contributed by atoms with E-state index < -0.39 is 0 Å². The summed E-state index contributed by atoms with van der Waals surface area (Å²) in [6, 6.07) is 9.96. The van der Waals surface area contributed by atoms with Crippen LogP contribution < -0.4 is 10.1 Å². The molecule has 2 heteroatoms. The summed E-state index contributed by atoms with van der Waals surface area (Å²) in [6.07, 6.45) is 9.67. The van der Waals surface area contributed by atoms with Gasteiger partial charge in [-0.2, -0.15) is 0 Å². The van der Waals surface area contributed by atoms with Crippen molar-refractivity contribution >= 4 is 0 Å². The van der Waals surface area contributed by atoms with E-state index in [1.54, 1.807) is 7.11 Å². The molecule has 2 aliphatic carbocycles. The van der Waals surface area contributed by atoms with E-state index in [2.05, 4.69) is 36.5 Å². The highest BCUT2D eigenvalue weighted by Crippen LogP contribution is 2.42. The summed E-state index contributed by atoms with van der Waals surface area (Å²) in [4.78, 5) is 0. The lowest BCUT2D eigenvalue weighted by Gasteiger charge is -2.33. The predicted molar refractivity (Wildman–Crippen MR) is 87.6 cm³/mol. The Morgan fingerprint density at radius 2 is 1.90 bits per heavy atom. The number of methoxy groups -OCH3 is 1. The van der Waals surface area contributed by atoms with Gasteiger partial charge < -0.3 is 10.1 Å². The largest absolute Gasteiger partial charge is 0.497 e. The Labute approximate surface area is 129 Å². The molecule has 3 atom stereocenters. The number of benzene rings is 1. The predicted octanol–water partition coefficient (Wildman–Crippen LogP) is 4.70. The molecule has 2 nitrogen and oxygen atoms in total. The van der Waals surface area contributed by atoms with E-state index in [1.165, 1.54) is 50.5 Å². The first kappa shape index (κ1) is 14.9. The van der Waals surface area contributed by atoms with Crippen LogP contribution in [0.4, 0.5) is 0 Å². The third-order valence-electron chi connectivity index (χ3n) is 5.34. The highest BCUT2D eigenvalue weighted by Gasteiger charge is 2.34. The molecule has 2 saturated carbocycles. The molecule has 116 valence electrons. The minimum Gasteiger partial charge on any atom is -0.497 e. The maximum Gasteiger partial charge on any atom is 0.118 e. The molecule has 0 radical (unpaired) electrons. The van der Waals surface area contributed by atoms with Crippen LogP contribution in [0.2, 0.25) is 0 Å². The van der Waals surface area contributed by atoms with Crippen molar-refractivity contribution in [1.82, 2.24) is 5.32 Å². The van der Waals surface area contributed by atoms with E-state index in [0.717, 1.165) is 23.6 Å². The number of nitrogens with one attached hydrogen (secondary N) is 1. The maximum atomic E-state index is 5.28. The van der Waals surface area contributed by atoms with Crippen molar-refractivity contribution in [3.8, 4) is 5.75 Å². The molecule has 0 amide bonds. The average Bonchev–Trinajstić information content (AvgIpc) is 3.38. The van der Waals surface area contributed by atoms with Crippen LogP contribution in [-0.4, -0.2) is 13.2 Å². The second kappa shape index (κ2) is 6.83. The summed E-state index contributed by atoms with van der Waals surface area (Å²) in [5.41, 5.74) is 1.44. The van der Waals surface area contributed by atoms with Crippen molar-refractivity contribution in [2.75, 3.05) is 7.11 Å². The molecule has 0 aliphatic heterocycles. The van der Waals surface area contributed by atoms with Crippen molar-refractivity contribution in [2.45, 2.75) is 64.0 Å². The molecule has 0 spiro atoms. The van der Waals surface area contributed by atoms with E-state index in [4.69, 9.17) is 4.74 Å². The molecule has 3 rings (SSSR count). The monoisotopic (exact) mass is 287 g/mol.